The molecule has 0 spiro atoms. The van der Waals surface area contributed by atoms with Gasteiger partial charge in [0.15, 0.2) is 0 Å². The van der Waals surface area contributed by atoms with Gasteiger partial charge in [-0.1, -0.05) is 164 Å². The molecule has 3 aliphatic carbocycles. The average Bonchev–Trinajstić information content (AvgIpc) is 3.82. The van der Waals surface area contributed by atoms with E-state index in [0.717, 1.165) is 6.42 Å². The molecule has 66 heavy (non-hydrogen) atoms. The smallest absolute Gasteiger partial charge is 0.142 e. The van der Waals surface area contributed by atoms with Crippen molar-refractivity contribution in [3.63, 3.8) is 0 Å². The van der Waals surface area contributed by atoms with Crippen molar-refractivity contribution >= 4 is 62.2 Å². The van der Waals surface area contributed by atoms with E-state index in [4.69, 9.17) is 0 Å². The fourth-order valence-electron chi connectivity index (χ4n) is 13.5. The largest absolute Gasteiger partial charge is 0.308 e. The fraction of sp³-hybridized carbons (Fsp3) is 0.281. The van der Waals surface area contributed by atoms with Crippen molar-refractivity contribution in [1.29, 1.82) is 0 Å². The number of hydrogen-bond donors (Lipinski definition) is 0. The van der Waals surface area contributed by atoms with Crippen molar-refractivity contribution < 1.29 is 0 Å². The van der Waals surface area contributed by atoms with Gasteiger partial charge >= 0.3 is 0 Å². The molecule has 0 saturated heterocycles. The number of benzene rings is 8. The van der Waals surface area contributed by atoms with Crippen molar-refractivity contribution in [3.05, 3.63) is 166 Å². The lowest BCUT2D eigenvalue weighted by Gasteiger charge is -2.42. The summed E-state index contributed by atoms with van der Waals surface area (Å²) in [6.45, 7) is 21.9. The van der Waals surface area contributed by atoms with Crippen molar-refractivity contribution in [2.75, 3.05) is 0 Å². The number of hydrogen-bond acceptors (Lipinski definition) is 0. The van der Waals surface area contributed by atoms with Crippen LogP contribution in [0, 0.1) is 6.92 Å². The fourth-order valence-corrected chi connectivity index (χ4v) is 13.5. The minimum absolute atomic E-state index is 0.129. The van der Waals surface area contributed by atoms with E-state index >= 15 is 0 Å². The van der Waals surface area contributed by atoms with Gasteiger partial charge < -0.3 is 4.40 Å². The second-order valence-corrected chi connectivity index (χ2v) is 23.4. The van der Waals surface area contributed by atoms with Crippen molar-refractivity contribution in [2.45, 2.75) is 116 Å². The molecule has 1 nitrogen and oxygen atoms in total. The minimum atomic E-state index is 0.129. The number of para-hydroxylation sites is 1. The molecule has 3 aliphatic rings. The van der Waals surface area contributed by atoms with E-state index in [1.807, 2.05) is 0 Å². The molecular formula is C64H60BN. The van der Waals surface area contributed by atoms with Crippen LogP contribution < -0.4 is 5.46 Å². The summed E-state index contributed by atoms with van der Waals surface area (Å²) in [5.41, 5.74) is 26.8. The molecule has 2 heterocycles. The van der Waals surface area contributed by atoms with E-state index in [1.165, 1.54) is 163 Å². The predicted octanol–water partition coefficient (Wildman–Crippen LogP) is 15.8. The third-order valence-electron chi connectivity index (χ3n) is 17.6. The first-order chi connectivity index (χ1) is 31.5. The predicted molar refractivity (Wildman–Crippen MR) is 287 cm³/mol. The van der Waals surface area contributed by atoms with Crippen LogP contribution in [0.2, 0.25) is 0 Å². The third kappa shape index (κ3) is 5.42. The summed E-state index contributed by atoms with van der Waals surface area (Å²) >= 11 is 0. The molecule has 8 aromatic carbocycles. The SMILES string of the molecule is Bc1cccc2c3cc(-c4ccc5c(c4)C(C)(C)CCC5(C)C)cc4c5c6ccccc6c6c(c5n(c12)c34)Cc1ccccc1-c1cc(-c2ccc3c(c2)C(C)(C)CCC3(C)C)cc-6c1C. The molecule has 0 unspecified atom stereocenters. The van der Waals surface area contributed by atoms with Crippen LogP contribution in [0.1, 0.15) is 120 Å². The maximum atomic E-state index is 2.70. The van der Waals surface area contributed by atoms with Gasteiger partial charge in [-0.3, -0.25) is 0 Å². The molecule has 324 valence electrons. The highest BCUT2D eigenvalue weighted by Crippen LogP contribution is 2.54. The highest BCUT2D eigenvalue weighted by Gasteiger charge is 2.39. The maximum absolute atomic E-state index is 2.70. The summed E-state index contributed by atoms with van der Waals surface area (Å²) in [4.78, 5) is 0. The van der Waals surface area contributed by atoms with Crippen LogP contribution in [0.3, 0.4) is 0 Å². The monoisotopic (exact) mass is 853 g/mol. The lowest BCUT2D eigenvalue weighted by molar-refractivity contribution is 0.332. The Morgan fingerprint density at radius 1 is 0.424 bits per heavy atom. The molecule has 0 fully saturated rings. The average molecular weight is 854 g/mol. The van der Waals surface area contributed by atoms with Gasteiger partial charge in [-0.25, -0.2) is 0 Å². The van der Waals surface area contributed by atoms with Crippen LogP contribution >= 0.6 is 0 Å². The Morgan fingerprint density at radius 2 is 0.970 bits per heavy atom. The number of rotatable bonds is 2. The van der Waals surface area contributed by atoms with Gasteiger partial charge in [0, 0.05) is 33.5 Å². The molecule has 13 rings (SSSR count). The van der Waals surface area contributed by atoms with E-state index in [9.17, 15) is 0 Å². The molecule has 0 N–H and O–H groups in total. The van der Waals surface area contributed by atoms with Gasteiger partial charge in [-0.15, -0.1) is 0 Å². The third-order valence-corrected chi connectivity index (χ3v) is 17.6. The first-order valence-corrected chi connectivity index (χ1v) is 24.7. The first kappa shape index (κ1) is 40.2. The molecule has 2 heteroatoms. The van der Waals surface area contributed by atoms with Gasteiger partial charge in [0.05, 0.1) is 11.0 Å². The number of aromatic nitrogens is 1. The number of nitrogens with zero attached hydrogens (tertiary/aromatic N) is 1. The minimum Gasteiger partial charge on any atom is -0.308 e. The zero-order valence-electron chi connectivity index (χ0n) is 40.6. The van der Waals surface area contributed by atoms with Crippen molar-refractivity contribution in [2.24, 2.45) is 0 Å². The Labute approximate surface area is 391 Å². The van der Waals surface area contributed by atoms with Crippen LogP contribution in [-0.2, 0) is 28.1 Å². The first-order valence-electron chi connectivity index (χ1n) is 24.7. The molecule has 0 radical (unpaired) electrons. The summed E-state index contributed by atoms with van der Waals surface area (Å²) in [6.07, 6.45) is 5.69. The van der Waals surface area contributed by atoms with Crippen LogP contribution in [0.5, 0.6) is 0 Å². The van der Waals surface area contributed by atoms with Gasteiger partial charge in [0.2, 0.25) is 0 Å². The van der Waals surface area contributed by atoms with Crippen LogP contribution in [0.25, 0.3) is 93.4 Å². The standard InChI is InChI=1S/C64H60BN/c1-36-46-30-40(37-21-23-51-53(34-37)63(6,7)27-25-61(51,2)3)31-47(36)56-43-17-12-13-18-44(43)57-50-33-41(38-22-24-52-54(35-38)64(8,9)28-26-62(52,4)5)32-48-45-19-14-20-55(65)59(45)66(58(48)50)60(57)49(56)29-39-15-10-11-16-42(39)46/h10-24,30-35H,25-29,65H2,1-9H3. The highest BCUT2D eigenvalue weighted by atomic mass is 14.9. The van der Waals surface area contributed by atoms with Gasteiger partial charge in [-0.2, -0.15) is 0 Å². The molecule has 0 saturated carbocycles. The molecule has 0 amide bonds. The second kappa shape index (κ2) is 13.3. The Morgan fingerprint density at radius 3 is 1.64 bits per heavy atom. The molecule has 0 atom stereocenters. The van der Waals surface area contributed by atoms with Gasteiger partial charge in [-0.05, 0) is 173 Å². The zero-order chi connectivity index (χ0) is 45.4. The number of fused-ring (bicyclic) bond motifs is 18. The maximum Gasteiger partial charge on any atom is 0.142 e. The van der Waals surface area contributed by atoms with Gasteiger partial charge in [0.25, 0.3) is 0 Å². The summed E-state index contributed by atoms with van der Waals surface area (Å²) in [6, 6.07) is 50.6. The molecule has 2 aromatic heterocycles. The lowest BCUT2D eigenvalue weighted by Crippen LogP contribution is -2.33. The molecular weight excluding hydrogens is 794 g/mol. The van der Waals surface area contributed by atoms with Crippen LogP contribution in [0.4, 0.5) is 0 Å². The van der Waals surface area contributed by atoms with Crippen molar-refractivity contribution in [1.82, 2.24) is 4.40 Å². The normalized spacial score (nSPS) is 17.7. The van der Waals surface area contributed by atoms with E-state index in [0.29, 0.717) is 0 Å². The Kier molecular flexibility index (Phi) is 8.09. The zero-order valence-corrected chi connectivity index (χ0v) is 40.6. The Hall–Kier alpha value is -6.12. The summed E-state index contributed by atoms with van der Waals surface area (Å²) in [5, 5.41) is 8.09. The van der Waals surface area contributed by atoms with E-state index in [2.05, 4.69) is 202 Å². The quantitative estimate of drug-likeness (QED) is 0.153. The summed E-state index contributed by atoms with van der Waals surface area (Å²) in [7, 11) is 2.32. The topological polar surface area (TPSA) is 4.41 Å². The van der Waals surface area contributed by atoms with E-state index in [1.54, 1.807) is 0 Å². The molecule has 2 bridgehead atoms. The van der Waals surface area contributed by atoms with Gasteiger partial charge in [0.1, 0.15) is 7.85 Å². The highest BCUT2D eigenvalue weighted by molar-refractivity contribution is 6.42. The van der Waals surface area contributed by atoms with E-state index < -0.39 is 0 Å². The van der Waals surface area contributed by atoms with Crippen molar-refractivity contribution in [3.8, 4) is 44.5 Å². The van der Waals surface area contributed by atoms with Crippen LogP contribution in [0.15, 0.2) is 127 Å². The molecule has 10 aromatic rings. The summed E-state index contributed by atoms with van der Waals surface area (Å²) < 4.78 is 2.70. The Bertz CT molecular complexity index is 3750. The lowest BCUT2D eigenvalue weighted by atomic mass is 9.63. The van der Waals surface area contributed by atoms with Crippen LogP contribution in [-0.4, -0.2) is 12.2 Å². The Balaban J connectivity index is 1.16. The second-order valence-electron chi connectivity index (χ2n) is 23.4. The molecule has 0 aliphatic heterocycles. The summed E-state index contributed by atoms with van der Waals surface area (Å²) in [5.74, 6) is 0. The van der Waals surface area contributed by atoms with E-state index in [-0.39, 0.29) is 21.7 Å².